The van der Waals surface area contributed by atoms with Gasteiger partial charge in [-0.15, -0.1) is 0 Å². The zero-order valence-electron chi connectivity index (χ0n) is 18.5. The lowest BCUT2D eigenvalue weighted by Crippen LogP contribution is -2.45. The van der Waals surface area contributed by atoms with Crippen LogP contribution in [0.2, 0.25) is 0 Å². The van der Waals surface area contributed by atoms with Crippen LogP contribution < -0.4 is 0 Å². The highest BCUT2D eigenvalue weighted by molar-refractivity contribution is 5.84. The van der Waals surface area contributed by atoms with Crippen molar-refractivity contribution in [2.75, 3.05) is 32.7 Å². The molecule has 0 aliphatic carbocycles. The van der Waals surface area contributed by atoms with E-state index in [0.29, 0.717) is 0 Å². The van der Waals surface area contributed by atoms with E-state index in [2.05, 4.69) is 60.4 Å². The van der Waals surface area contributed by atoms with Gasteiger partial charge in [-0.25, -0.2) is 4.39 Å². The summed E-state index contributed by atoms with van der Waals surface area (Å²) in [6.45, 7) is 16.0. The third-order valence-electron chi connectivity index (χ3n) is 5.96. The van der Waals surface area contributed by atoms with Gasteiger partial charge in [-0.05, 0) is 63.9 Å². The molecule has 0 amide bonds. The van der Waals surface area contributed by atoms with Gasteiger partial charge in [0.05, 0.1) is 0 Å². The molecular weight excluding hydrogens is 361 g/mol. The number of hydrogen-bond donors (Lipinski definition) is 0. The van der Waals surface area contributed by atoms with Crippen LogP contribution in [0.4, 0.5) is 4.39 Å². The number of benzene rings is 1. The van der Waals surface area contributed by atoms with E-state index < -0.39 is 0 Å². The van der Waals surface area contributed by atoms with Gasteiger partial charge in [-0.3, -0.25) is 4.90 Å². The Bertz CT molecular complexity index is 866. The maximum Gasteiger partial charge on any atom is 0.123 e. The summed E-state index contributed by atoms with van der Waals surface area (Å²) in [5, 5.41) is 1.05. The maximum atomic E-state index is 14.0. The van der Waals surface area contributed by atoms with Gasteiger partial charge in [-0.1, -0.05) is 30.2 Å². The average molecular weight is 398 g/mol. The molecule has 1 saturated heterocycles. The number of aromatic nitrogens is 1. The second-order valence-electron chi connectivity index (χ2n) is 8.55. The Kier molecular flexibility index (Phi) is 7.68. The fourth-order valence-electron chi connectivity index (χ4n) is 4.07. The van der Waals surface area contributed by atoms with Crippen LogP contribution in [-0.4, -0.2) is 47.1 Å². The highest BCUT2D eigenvalue weighted by atomic mass is 19.1. The predicted octanol–water partition coefficient (Wildman–Crippen LogP) is 5.61. The number of fused-ring (bicyclic) bond motifs is 1. The zero-order chi connectivity index (χ0) is 20.8. The van der Waals surface area contributed by atoms with Crippen LogP contribution in [0.5, 0.6) is 0 Å². The Balaban J connectivity index is 1.74. The van der Waals surface area contributed by atoms with Gasteiger partial charge in [-0.2, -0.15) is 0 Å². The lowest BCUT2D eigenvalue weighted by Gasteiger charge is -2.33. The first-order valence-electron chi connectivity index (χ1n) is 11.0. The summed E-state index contributed by atoms with van der Waals surface area (Å²) in [5.41, 5.74) is 5.14. The maximum absolute atomic E-state index is 14.0. The third-order valence-corrected chi connectivity index (χ3v) is 5.96. The standard InChI is InChI=1S/C25H36FN3/c1-5-27-13-15-28(16-14-27)18-22-19-29(25-10-9-23(26)17-24(22)25)12-11-21(4)8-6-7-20(2)3/h7,9-11,17,19H,5-6,8,12-16,18H2,1-4H3. The fraction of sp³-hybridized carbons (Fsp3) is 0.520. The number of nitrogens with zero attached hydrogens (tertiary/aromatic N) is 3. The Morgan fingerprint density at radius 2 is 1.76 bits per heavy atom. The van der Waals surface area contributed by atoms with Crippen molar-refractivity contribution in [3.05, 3.63) is 59.1 Å². The van der Waals surface area contributed by atoms with Crippen LogP contribution in [0.25, 0.3) is 10.9 Å². The average Bonchev–Trinajstić information content (AvgIpc) is 3.03. The molecule has 158 valence electrons. The summed E-state index contributed by atoms with van der Waals surface area (Å²) in [6, 6.07) is 5.21. The van der Waals surface area contributed by atoms with Crippen molar-refractivity contribution < 1.29 is 4.39 Å². The van der Waals surface area contributed by atoms with Crippen LogP contribution in [0.3, 0.4) is 0 Å². The highest BCUT2D eigenvalue weighted by Crippen LogP contribution is 2.25. The van der Waals surface area contributed by atoms with E-state index in [0.717, 1.165) is 69.6 Å². The molecule has 1 aliphatic rings. The van der Waals surface area contributed by atoms with Gasteiger partial charge in [0.15, 0.2) is 0 Å². The van der Waals surface area contributed by atoms with E-state index in [9.17, 15) is 4.39 Å². The summed E-state index contributed by atoms with van der Waals surface area (Å²) in [6.07, 6.45) is 9.02. The molecule has 1 aromatic heterocycles. The second-order valence-corrected chi connectivity index (χ2v) is 8.55. The van der Waals surface area contributed by atoms with Crippen LogP contribution in [-0.2, 0) is 13.1 Å². The van der Waals surface area contributed by atoms with E-state index in [1.165, 1.54) is 16.7 Å². The van der Waals surface area contributed by atoms with Crippen molar-refractivity contribution in [3.8, 4) is 0 Å². The van der Waals surface area contributed by atoms with Crippen LogP contribution >= 0.6 is 0 Å². The topological polar surface area (TPSA) is 11.4 Å². The largest absolute Gasteiger partial charge is 0.343 e. The Labute approximate surface area is 175 Å². The predicted molar refractivity (Wildman–Crippen MR) is 122 cm³/mol. The van der Waals surface area contributed by atoms with Gasteiger partial charge in [0.25, 0.3) is 0 Å². The highest BCUT2D eigenvalue weighted by Gasteiger charge is 2.18. The minimum Gasteiger partial charge on any atom is -0.343 e. The number of likely N-dealkylation sites (N-methyl/N-ethyl adjacent to an activating group) is 1. The summed E-state index contributed by atoms with van der Waals surface area (Å²) in [4.78, 5) is 4.99. The quantitative estimate of drug-likeness (QED) is 0.536. The zero-order valence-corrected chi connectivity index (χ0v) is 18.5. The van der Waals surface area contributed by atoms with Crippen LogP contribution in [0.1, 0.15) is 46.1 Å². The molecule has 0 N–H and O–H groups in total. The molecule has 0 atom stereocenters. The van der Waals surface area contributed by atoms with Crippen LogP contribution in [0.15, 0.2) is 47.7 Å². The van der Waals surface area contributed by atoms with Crippen molar-refractivity contribution >= 4 is 10.9 Å². The monoisotopic (exact) mass is 397 g/mol. The molecule has 3 nitrogen and oxygen atoms in total. The Hall–Kier alpha value is -1.91. The smallest absolute Gasteiger partial charge is 0.123 e. The van der Waals surface area contributed by atoms with E-state index in [1.54, 1.807) is 12.1 Å². The number of rotatable bonds is 8. The van der Waals surface area contributed by atoms with Gasteiger partial charge in [0.1, 0.15) is 5.82 Å². The van der Waals surface area contributed by atoms with Gasteiger partial charge in [0, 0.05) is 56.4 Å². The molecule has 0 unspecified atom stereocenters. The number of allylic oxidation sites excluding steroid dienone is 4. The number of hydrogen-bond acceptors (Lipinski definition) is 2. The lowest BCUT2D eigenvalue weighted by molar-refractivity contribution is 0.132. The molecule has 0 bridgehead atoms. The van der Waals surface area contributed by atoms with E-state index in [1.807, 2.05) is 6.07 Å². The summed E-state index contributed by atoms with van der Waals surface area (Å²) in [5.74, 6) is -0.152. The molecule has 1 aromatic carbocycles. The number of piperazine rings is 1. The number of halogens is 1. The summed E-state index contributed by atoms with van der Waals surface area (Å²) in [7, 11) is 0. The van der Waals surface area contributed by atoms with E-state index in [-0.39, 0.29) is 5.82 Å². The molecule has 3 rings (SSSR count). The minimum absolute atomic E-state index is 0.152. The van der Waals surface area contributed by atoms with E-state index in [4.69, 9.17) is 0 Å². The fourth-order valence-corrected chi connectivity index (χ4v) is 4.07. The first kappa shape index (κ1) is 21.8. The van der Waals surface area contributed by atoms with Crippen molar-refractivity contribution in [2.45, 2.75) is 53.6 Å². The molecule has 29 heavy (non-hydrogen) atoms. The van der Waals surface area contributed by atoms with Crippen LogP contribution in [0, 0.1) is 5.82 Å². The van der Waals surface area contributed by atoms with Gasteiger partial charge >= 0.3 is 0 Å². The van der Waals surface area contributed by atoms with Crippen molar-refractivity contribution in [2.24, 2.45) is 0 Å². The Morgan fingerprint density at radius 1 is 1.03 bits per heavy atom. The first-order chi connectivity index (χ1) is 14.0. The Morgan fingerprint density at radius 3 is 2.45 bits per heavy atom. The molecule has 0 radical (unpaired) electrons. The normalized spacial score (nSPS) is 16.5. The van der Waals surface area contributed by atoms with Crippen molar-refractivity contribution in [3.63, 3.8) is 0 Å². The van der Waals surface area contributed by atoms with Crippen molar-refractivity contribution in [1.82, 2.24) is 14.4 Å². The third kappa shape index (κ3) is 6.03. The molecule has 4 heteroatoms. The molecular formula is C25H36FN3. The SMILES string of the molecule is CCN1CCN(Cc2cn(CC=C(C)CCC=C(C)C)c3ccc(F)cc23)CC1. The molecule has 0 spiro atoms. The van der Waals surface area contributed by atoms with Gasteiger partial charge in [0.2, 0.25) is 0 Å². The molecule has 2 heterocycles. The summed E-state index contributed by atoms with van der Waals surface area (Å²) >= 11 is 0. The summed E-state index contributed by atoms with van der Waals surface area (Å²) < 4.78 is 16.2. The molecule has 1 aliphatic heterocycles. The lowest BCUT2D eigenvalue weighted by atomic mass is 10.1. The minimum atomic E-state index is -0.152. The van der Waals surface area contributed by atoms with Crippen molar-refractivity contribution in [1.29, 1.82) is 0 Å². The first-order valence-corrected chi connectivity index (χ1v) is 11.0. The molecule has 2 aromatic rings. The van der Waals surface area contributed by atoms with Gasteiger partial charge < -0.3 is 9.47 Å². The molecule has 1 fully saturated rings. The molecule has 0 saturated carbocycles. The van der Waals surface area contributed by atoms with E-state index >= 15 is 0 Å². The second kappa shape index (κ2) is 10.2.